The summed E-state index contributed by atoms with van der Waals surface area (Å²) in [7, 11) is 0. The van der Waals surface area contributed by atoms with Gasteiger partial charge in [-0.2, -0.15) is 0 Å². The van der Waals surface area contributed by atoms with Gasteiger partial charge in [0.05, 0.1) is 21.1 Å². The van der Waals surface area contributed by atoms with Gasteiger partial charge in [0.2, 0.25) is 11.8 Å². The van der Waals surface area contributed by atoms with Gasteiger partial charge in [0.15, 0.2) is 0 Å². The van der Waals surface area contributed by atoms with E-state index in [2.05, 4.69) is 21.4 Å². The van der Waals surface area contributed by atoms with Crippen LogP contribution in [0.5, 0.6) is 0 Å². The molecule has 7 heteroatoms. The summed E-state index contributed by atoms with van der Waals surface area (Å²) in [5, 5.41) is 4.00. The number of thiazole rings is 1. The Morgan fingerprint density at radius 1 is 1.23 bits per heavy atom. The molecule has 0 saturated carbocycles. The van der Waals surface area contributed by atoms with Crippen molar-refractivity contribution < 1.29 is 9.59 Å². The number of carbonyl (C=O) groups is 2. The molecule has 0 bridgehead atoms. The lowest BCUT2D eigenvalue weighted by Crippen LogP contribution is -2.43. The molecule has 6 nitrogen and oxygen atoms in total. The second-order valence-electron chi connectivity index (χ2n) is 7.77. The van der Waals surface area contributed by atoms with Gasteiger partial charge in [-0.25, -0.2) is 9.97 Å². The zero-order valence-electron chi connectivity index (χ0n) is 17.1. The molecule has 1 atom stereocenters. The van der Waals surface area contributed by atoms with E-state index in [1.807, 2.05) is 42.2 Å². The number of amides is 2. The first-order chi connectivity index (χ1) is 14.6. The predicted octanol–water partition coefficient (Wildman–Crippen LogP) is 4.20. The number of carbonyl (C=O) groups excluding carboxylic acids is 2. The number of hydrogen-bond donors (Lipinski definition) is 1. The molecule has 2 amide bonds. The van der Waals surface area contributed by atoms with Crippen LogP contribution >= 0.6 is 11.3 Å². The maximum atomic E-state index is 12.7. The molecule has 30 heavy (non-hydrogen) atoms. The number of rotatable bonds is 6. The third kappa shape index (κ3) is 4.84. The fourth-order valence-corrected chi connectivity index (χ4v) is 4.84. The van der Waals surface area contributed by atoms with Gasteiger partial charge in [0, 0.05) is 25.7 Å². The number of anilines is 1. The van der Waals surface area contributed by atoms with Crippen molar-refractivity contribution in [2.24, 2.45) is 5.92 Å². The highest BCUT2D eigenvalue weighted by atomic mass is 32.1. The van der Waals surface area contributed by atoms with Crippen molar-refractivity contribution in [3.05, 3.63) is 53.2 Å². The van der Waals surface area contributed by atoms with Crippen molar-refractivity contribution in [3.8, 4) is 0 Å². The van der Waals surface area contributed by atoms with Crippen LogP contribution in [0.4, 0.5) is 5.82 Å². The van der Waals surface area contributed by atoms with Crippen LogP contribution in [0.25, 0.3) is 10.2 Å². The summed E-state index contributed by atoms with van der Waals surface area (Å²) < 4.78 is 1.19. The van der Waals surface area contributed by atoms with Gasteiger partial charge in [-0.1, -0.05) is 18.2 Å². The number of para-hydroxylation sites is 1. The van der Waals surface area contributed by atoms with Crippen LogP contribution < -0.4 is 5.32 Å². The third-order valence-electron chi connectivity index (χ3n) is 5.52. The molecule has 156 valence electrons. The van der Waals surface area contributed by atoms with Gasteiger partial charge < -0.3 is 10.2 Å². The summed E-state index contributed by atoms with van der Waals surface area (Å²) in [6, 6.07) is 11.9. The van der Waals surface area contributed by atoms with E-state index in [4.69, 9.17) is 0 Å². The molecule has 1 aliphatic rings. The summed E-state index contributed by atoms with van der Waals surface area (Å²) >= 11 is 1.70. The fraction of sp³-hybridized carbons (Fsp3) is 0.391. The smallest absolute Gasteiger partial charge is 0.230 e. The van der Waals surface area contributed by atoms with Gasteiger partial charge in [-0.3, -0.25) is 9.59 Å². The molecule has 2 aromatic heterocycles. The van der Waals surface area contributed by atoms with E-state index in [1.165, 1.54) is 4.70 Å². The summed E-state index contributed by atoms with van der Waals surface area (Å²) in [6.07, 6.45) is 5.39. The molecule has 1 saturated heterocycles. The van der Waals surface area contributed by atoms with E-state index >= 15 is 0 Å². The van der Waals surface area contributed by atoms with Crippen LogP contribution in [0.2, 0.25) is 0 Å². The third-order valence-corrected chi connectivity index (χ3v) is 6.61. The Kier molecular flexibility index (Phi) is 6.38. The number of pyridine rings is 1. The molecular formula is C23H26N4O2S. The second-order valence-corrected chi connectivity index (χ2v) is 8.88. The van der Waals surface area contributed by atoms with Crippen LogP contribution in [0.15, 0.2) is 42.6 Å². The van der Waals surface area contributed by atoms with Gasteiger partial charge in [-0.05, 0) is 56.4 Å². The predicted molar refractivity (Wildman–Crippen MR) is 119 cm³/mol. The van der Waals surface area contributed by atoms with E-state index in [0.29, 0.717) is 18.8 Å². The summed E-state index contributed by atoms with van der Waals surface area (Å²) in [6.45, 7) is 3.13. The fourth-order valence-electron chi connectivity index (χ4n) is 3.83. The number of likely N-dealkylation sites (tertiary alicyclic amines) is 1. The summed E-state index contributed by atoms with van der Waals surface area (Å²) in [5.74, 6) is 0.488. The number of benzene rings is 1. The molecule has 3 aromatic rings. The molecule has 0 spiro atoms. The topological polar surface area (TPSA) is 75.2 Å². The first kappa shape index (κ1) is 20.5. The number of fused-ring (bicyclic) bond motifs is 1. The second kappa shape index (κ2) is 9.34. The highest BCUT2D eigenvalue weighted by Gasteiger charge is 2.28. The maximum absolute atomic E-state index is 12.7. The van der Waals surface area contributed by atoms with Crippen LogP contribution in [0.3, 0.4) is 0 Å². The molecule has 1 fully saturated rings. The van der Waals surface area contributed by atoms with E-state index in [1.54, 1.807) is 17.5 Å². The minimum Gasteiger partial charge on any atom is -0.342 e. The Morgan fingerprint density at radius 3 is 2.93 bits per heavy atom. The van der Waals surface area contributed by atoms with Gasteiger partial charge in [-0.15, -0.1) is 11.3 Å². The first-order valence-electron chi connectivity index (χ1n) is 10.4. The van der Waals surface area contributed by atoms with E-state index in [9.17, 15) is 9.59 Å². The number of aryl methyl sites for hydroxylation is 2. The van der Waals surface area contributed by atoms with Crippen LogP contribution in [0.1, 0.15) is 36.3 Å². The number of hydrogen-bond acceptors (Lipinski definition) is 5. The number of nitrogens with one attached hydrogen (secondary N) is 1. The summed E-state index contributed by atoms with van der Waals surface area (Å²) in [5.41, 5.74) is 1.96. The molecule has 1 aromatic carbocycles. The monoisotopic (exact) mass is 422 g/mol. The minimum atomic E-state index is -0.187. The van der Waals surface area contributed by atoms with Crippen LogP contribution in [-0.2, 0) is 16.0 Å². The standard InChI is InChI=1S/C23H26N4O2S/c1-16-7-5-13-24-22(16)26-23(29)17-8-6-14-27(15-17)21(28)12-4-11-20-25-18-9-2-3-10-19(18)30-20/h2-3,5,7,9-10,13,17H,4,6,8,11-12,14-15H2,1H3,(H,24,26,29). The van der Waals surface area contributed by atoms with Crippen molar-refractivity contribution >= 4 is 39.2 Å². The normalized spacial score (nSPS) is 16.6. The van der Waals surface area contributed by atoms with Gasteiger partial charge >= 0.3 is 0 Å². The van der Waals surface area contributed by atoms with E-state index in [0.717, 1.165) is 48.3 Å². The molecule has 1 unspecified atom stereocenters. The van der Waals surface area contributed by atoms with Crippen molar-refractivity contribution in [1.82, 2.24) is 14.9 Å². The lowest BCUT2D eigenvalue weighted by atomic mass is 9.96. The highest BCUT2D eigenvalue weighted by Crippen LogP contribution is 2.24. The van der Waals surface area contributed by atoms with Crippen molar-refractivity contribution in [1.29, 1.82) is 0 Å². The molecule has 1 aliphatic heterocycles. The van der Waals surface area contributed by atoms with Crippen LogP contribution in [-0.4, -0.2) is 39.8 Å². The Bertz CT molecular complexity index is 1020. The van der Waals surface area contributed by atoms with E-state index < -0.39 is 0 Å². The molecule has 4 rings (SSSR count). The Labute approximate surface area is 180 Å². The zero-order chi connectivity index (χ0) is 20.9. The quantitative estimate of drug-likeness (QED) is 0.646. The van der Waals surface area contributed by atoms with Crippen LogP contribution in [0, 0.1) is 12.8 Å². The number of aromatic nitrogens is 2. The lowest BCUT2D eigenvalue weighted by molar-refractivity contribution is -0.134. The highest BCUT2D eigenvalue weighted by molar-refractivity contribution is 7.18. The molecule has 0 aliphatic carbocycles. The average molecular weight is 423 g/mol. The van der Waals surface area contributed by atoms with Gasteiger partial charge in [0.1, 0.15) is 5.82 Å². The summed E-state index contributed by atoms with van der Waals surface area (Å²) in [4.78, 5) is 36.1. The maximum Gasteiger partial charge on any atom is 0.230 e. The largest absolute Gasteiger partial charge is 0.342 e. The Balaban J connectivity index is 1.27. The average Bonchev–Trinajstić information content (AvgIpc) is 3.18. The number of piperidine rings is 1. The van der Waals surface area contributed by atoms with E-state index in [-0.39, 0.29) is 17.7 Å². The molecule has 3 heterocycles. The zero-order valence-corrected chi connectivity index (χ0v) is 18.0. The van der Waals surface area contributed by atoms with Crippen molar-refractivity contribution in [2.45, 2.75) is 39.0 Å². The SMILES string of the molecule is Cc1cccnc1NC(=O)C1CCCN(C(=O)CCCc2nc3ccccc3s2)C1. The molecule has 0 radical (unpaired) electrons. The minimum absolute atomic E-state index is 0.0521. The van der Waals surface area contributed by atoms with Crippen molar-refractivity contribution in [2.75, 3.05) is 18.4 Å². The van der Waals surface area contributed by atoms with Gasteiger partial charge in [0.25, 0.3) is 0 Å². The number of nitrogens with zero attached hydrogens (tertiary/aromatic N) is 3. The Morgan fingerprint density at radius 2 is 2.10 bits per heavy atom. The molecule has 1 N–H and O–H groups in total. The Hall–Kier alpha value is -2.80. The first-order valence-corrected chi connectivity index (χ1v) is 11.3. The lowest BCUT2D eigenvalue weighted by Gasteiger charge is -2.32. The van der Waals surface area contributed by atoms with Crippen molar-refractivity contribution in [3.63, 3.8) is 0 Å². The molecular weight excluding hydrogens is 396 g/mol.